The number of hydrogen-bond donors (Lipinski definition) is 1. The Labute approximate surface area is 110 Å². The molecule has 0 aliphatic rings. The first-order chi connectivity index (χ1) is 9.32. The summed E-state index contributed by atoms with van der Waals surface area (Å²) in [5.74, 6) is -1.15. The van der Waals surface area contributed by atoms with E-state index >= 15 is 0 Å². The fraction of sp³-hybridized carbons (Fsp3) is 0.0833. The van der Waals surface area contributed by atoms with Crippen molar-refractivity contribution in [2.75, 3.05) is 0 Å². The molecule has 0 spiro atoms. The molecule has 8 heteroatoms. The molecule has 20 heavy (non-hydrogen) atoms. The van der Waals surface area contributed by atoms with Gasteiger partial charge in [-0.05, 0) is 24.3 Å². The summed E-state index contributed by atoms with van der Waals surface area (Å²) in [4.78, 5) is 10.7. The molecule has 1 heterocycles. The molecule has 0 aliphatic carbocycles. The molecular formula is C12H6F3N3O2. The number of nitriles is 1. The highest BCUT2D eigenvalue weighted by Crippen LogP contribution is 2.30. The summed E-state index contributed by atoms with van der Waals surface area (Å²) in [6.07, 6.45) is -3.78. The van der Waals surface area contributed by atoms with Crippen LogP contribution in [0.5, 0.6) is 0 Å². The van der Waals surface area contributed by atoms with E-state index in [1.165, 1.54) is 30.3 Å². The molecule has 0 atom stereocenters. The Hall–Kier alpha value is -2.82. The zero-order valence-corrected chi connectivity index (χ0v) is 9.72. The lowest BCUT2D eigenvalue weighted by Gasteiger charge is -2.03. The predicted molar refractivity (Wildman–Crippen MR) is 60.2 cm³/mol. The number of carboxylic acids is 1. The molecule has 0 saturated carbocycles. The maximum Gasteiger partial charge on any atom is 0.436 e. The standard InChI is InChI=1S/C12H6F3N3O2/c13-12(14,15)10-8(5-16)6-18(17-10)9-3-1-7(2-4-9)11(19)20/h1-4,6H,(H,19,20). The van der Waals surface area contributed by atoms with E-state index in [-0.39, 0.29) is 11.3 Å². The average molecular weight is 281 g/mol. The second-order valence-corrected chi connectivity index (χ2v) is 3.80. The van der Waals surface area contributed by atoms with Crippen LogP contribution in [0.4, 0.5) is 13.2 Å². The third-order valence-corrected chi connectivity index (χ3v) is 2.48. The Morgan fingerprint density at radius 3 is 2.30 bits per heavy atom. The third-order valence-electron chi connectivity index (χ3n) is 2.48. The van der Waals surface area contributed by atoms with Crippen molar-refractivity contribution in [3.8, 4) is 11.8 Å². The Morgan fingerprint density at radius 1 is 1.30 bits per heavy atom. The van der Waals surface area contributed by atoms with Gasteiger partial charge in [0.05, 0.1) is 11.3 Å². The van der Waals surface area contributed by atoms with Gasteiger partial charge in [0.2, 0.25) is 0 Å². The van der Waals surface area contributed by atoms with E-state index in [4.69, 9.17) is 10.4 Å². The number of carbonyl (C=O) groups is 1. The van der Waals surface area contributed by atoms with E-state index in [9.17, 15) is 18.0 Å². The molecule has 102 valence electrons. The van der Waals surface area contributed by atoms with E-state index in [1.807, 2.05) is 0 Å². The quantitative estimate of drug-likeness (QED) is 0.917. The van der Waals surface area contributed by atoms with Gasteiger partial charge in [0.15, 0.2) is 5.69 Å². The molecule has 0 amide bonds. The van der Waals surface area contributed by atoms with Gasteiger partial charge in [-0.1, -0.05) is 0 Å². The van der Waals surface area contributed by atoms with Crippen LogP contribution in [-0.2, 0) is 6.18 Å². The molecule has 0 aliphatic heterocycles. The van der Waals surface area contributed by atoms with Crippen LogP contribution >= 0.6 is 0 Å². The maximum atomic E-state index is 12.6. The van der Waals surface area contributed by atoms with Gasteiger partial charge in [0.1, 0.15) is 11.6 Å². The number of carboxylic acid groups (broad SMARTS) is 1. The number of halogens is 3. The fourth-order valence-electron chi connectivity index (χ4n) is 1.55. The number of aromatic carboxylic acids is 1. The minimum absolute atomic E-state index is 0.00235. The topological polar surface area (TPSA) is 78.9 Å². The normalized spacial score (nSPS) is 11.1. The summed E-state index contributed by atoms with van der Waals surface area (Å²) in [7, 11) is 0. The van der Waals surface area contributed by atoms with Crippen LogP contribution in [0.1, 0.15) is 21.6 Å². The fourth-order valence-corrected chi connectivity index (χ4v) is 1.55. The lowest BCUT2D eigenvalue weighted by molar-refractivity contribution is -0.141. The summed E-state index contributed by atoms with van der Waals surface area (Å²) in [6.45, 7) is 0. The largest absolute Gasteiger partial charge is 0.478 e. The molecule has 0 saturated heterocycles. The molecular weight excluding hydrogens is 275 g/mol. The lowest BCUT2D eigenvalue weighted by Crippen LogP contribution is -2.09. The molecule has 1 aromatic heterocycles. The average Bonchev–Trinajstić information content (AvgIpc) is 2.83. The maximum absolute atomic E-state index is 12.6. The second-order valence-electron chi connectivity index (χ2n) is 3.80. The first kappa shape index (κ1) is 13.6. The first-order valence-electron chi connectivity index (χ1n) is 5.23. The Bertz CT molecular complexity index is 696. The lowest BCUT2D eigenvalue weighted by atomic mass is 10.2. The van der Waals surface area contributed by atoms with Crippen LogP contribution in [0.3, 0.4) is 0 Å². The molecule has 0 bridgehead atoms. The van der Waals surface area contributed by atoms with Crippen molar-refractivity contribution in [2.24, 2.45) is 0 Å². The van der Waals surface area contributed by atoms with E-state index in [1.54, 1.807) is 0 Å². The third kappa shape index (κ3) is 2.47. The summed E-state index contributed by atoms with van der Waals surface area (Å²) < 4.78 is 38.8. The smallest absolute Gasteiger partial charge is 0.436 e. The van der Waals surface area contributed by atoms with Crippen molar-refractivity contribution in [1.82, 2.24) is 9.78 Å². The van der Waals surface area contributed by atoms with Gasteiger partial charge < -0.3 is 5.11 Å². The predicted octanol–water partition coefficient (Wildman–Crippen LogP) is 2.46. The summed E-state index contributed by atoms with van der Waals surface area (Å²) >= 11 is 0. The van der Waals surface area contributed by atoms with E-state index < -0.39 is 23.4 Å². The number of nitrogens with zero attached hydrogens (tertiary/aromatic N) is 3. The molecule has 0 unspecified atom stereocenters. The van der Waals surface area contributed by atoms with Gasteiger partial charge in [-0.15, -0.1) is 0 Å². The number of alkyl halides is 3. The monoisotopic (exact) mass is 281 g/mol. The summed E-state index contributed by atoms with van der Waals surface area (Å²) in [5.41, 5.74) is -1.65. The molecule has 0 radical (unpaired) electrons. The van der Waals surface area contributed by atoms with Gasteiger partial charge in [0.25, 0.3) is 0 Å². The molecule has 1 N–H and O–H groups in total. The Balaban J connectivity index is 2.46. The Morgan fingerprint density at radius 2 is 1.90 bits per heavy atom. The van der Waals surface area contributed by atoms with Crippen LogP contribution in [0, 0.1) is 11.3 Å². The van der Waals surface area contributed by atoms with Crippen LogP contribution in [0.25, 0.3) is 5.69 Å². The molecule has 5 nitrogen and oxygen atoms in total. The number of aromatic nitrogens is 2. The van der Waals surface area contributed by atoms with Gasteiger partial charge in [-0.2, -0.15) is 23.5 Å². The number of hydrogen-bond acceptors (Lipinski definition) is 3. The Kier molecular flexibility index (Phi) is 3.19. The van der Waals surface area contributed by atoms with Gasteiger partial charge in [-0.3, -0.25) is 0 Å². The van der Waals surface area contributed by atoms with Crippen LogP contribution in [0.2, 0.25) is 0 Å². The SMILES string of the molecule is N#Cc1cn(-c2ccc(C(=O)O)cc2)nc1C(F)(F)F. The van der Waals surface area contributed by atoms with E-state index in [2.05, 4.69) is 5.10 Å². The van der Waals surface area contributed by atoms with Crippen molar-refractivity contribution in [3.63, 3.8) is 0 Å². The van der Waals surface area contributed by atoms with Crippen molar-refractivity contribution in [2.45, 2.75) is 6.18 Å². The molecule has 1 aromatic carbocycles. The van der Waals surface area contributed by atoms with Gasteiger partial charge >= 0.3 is 12.1 Å². The van der Waals surface area contributed by atoms with E-state index in [0.29, 0.717) is 0 Å². The van der Waals surface area contributed by atoms with Crippen molar-refractivity contribution in [1.29, 1.82) is 5.26 Å². The summed E-state index contributed by atoms with van der Waals surface area (Å²) in [6, 6.07) is 6.50. The van der Waals surface area contributed by atoms with Crippen LogP contribution in [-0.4, -0.2) is 20.9 Å². The minimum Gasteiger partial charge on any atom is -0.478 e. The van der Waals surface area contributed by atoms with Crippen LogP contribution < -0.4 is 0 Å². The molecule has 2 aromatic rings. The zero-order chi connectivity index (χ0) is 14.9. The van der Waals surface area contributed by atoms with Gasteiger partial charge in [-0.25, -0.2) is 9.48 Å². The van der Waals surface area contributed by atoms with Crippen molar-refractivity contribution in [3.05, 3.63) is 47.3 Å². The number of rotatable bonds is 2. The molecule has 2 rings (SSSR count). The highest BCUT2D eigenvalue weighted by Gasteiger charge is 2.37. The van der Waals surface area contributed by atoms with Crippen molar-refractivity contribution < 1.29 is 23.1 Å². The first-order valence-corrected chi connectivity index (χ1v) is 5.23. The minimum atomic E-state index is -4.72. The molecule has 0 fully saturated rings. The highest BCUT2D eigenvalue weighted by atomic mass is 19.4. The zero-order valence-electron chi connectivity index (χ0n) is 9.72. The highest BCUT2D eigenvalue weighted by molar-refractivity contribution is 5.87. The van der Waals surface area contributed by atoms with E-state index in [0.717, 1.165) is 10.9 Å². The van der Waals surface area contributed by atoms with Crippen LogP contribution in [0.15, 0.2) is 30.5 Å². The summed E-state index contributed by atoms with van der Waals surface area (Å²) in [5, 5.41) is 20.7. The van der Waals surface area contributed by atoms with Gasteiger partial charge in [0, 0.05) is 6.20 Å². The second kappa shape index (κ2) is 4.70. The number of benzene rings is 1. The van der Waals surface area contributed by atoms with Crippen molar-refractivity contribution >= 4 is 5.97 Å².